The average molecular weight is 678 g/mol. The van der Waals surface area contributed by atoms with Crippen molar-refractivity contribution < 1.29 is 63.7 Å². The van der Waals surface area contributed by atoms with Crippen LogP contribution in [0.2, 0.25) is 0 Å². The Morgan fingerprint density at radius 2 is 1.85 bits per heavy atom. The fourth-order valence-corrected chi connectivity index (χ4v) is 5.95. The molecule has 2 aromatic carbocycles. The summed E-state index contributed by atoms with van der Waals surface area (Å²) in [7, 11) is 1.43. The molecule has 0 spiro atoms. The topological polar surface area (TPSA) is 231 Å². The van der Waals surface area contributed by atoms with Crippen LogP contribution in [0.3, 0.4) is 0 Å². The first kappa shape index (κ1) is 35.1. The molecule has 17 heteroatoms. The maximum absolute atomic E-state index is 13.7. The van der Waals surface area contributed by atoms with Gasteiger partial charge in [-0.3, -0.25) is 14.9 Å². The second kappa shape index (κ2) is 14.9. The minimum atomic E-state index is -1.80. The first-order valence-electron chi connectivity index (χ1n) is 15.5. The molecule has 2 saturated heterocycles. The highest BCUT2D eigenvalue weighted by molar-refractivity contribution is 6.06. The Morgan fingerprint density at radius 1 is 1.08 bits per heavy atom. The van der Waals surface area contributed by atoms with Gasteiger partial charge in [0, 0.05) is 18.7 Å². The van der Waals surface area contributed by atoms with Gasteiger partial charge in [0.25, 0.3) is 5.91 Å². The molecule has 5 rings (SSSR count). The second-order valence-corrected chi connectivity index (χ2v) is 11.6. The number of unbranched alkanes of at least 4 members (excludes halogenated alkanes) is 1. The molecule has 3 aliphatic heterocycles. The van der Waals surface area contributed by atoms with Crippen LogP contribution in [0.15, 0.2) is 30.3 Å². The summed E-state index contributed by atoms with van der Waals surface area (Å²) in [6.07, 6.45) is -8.03. The number of amides is 2. The summed E-state index contributed by atoms with van der Waals surface area (Å²) < 4.78 is 27.6. The summed E-state index contributed by atoms with van der Waals surface area (Å²) in [5.74, 6) is -0.237. The zero-order chi connectivity index (χ0) is 34.7. The fourth-order valence-electron chi connectivity index (χ4n) is 5.95. The van der Waals surface area contributed by atoms with Crippen molar-refractivity contribution >= 4 is 23.4 Å². The lowest BCUT2D eigenvalue weighted by Crippen LogP contribution is -2.60. The van der Waals surface area contributed by atoms with Crippen molar-refractivity contribution in [2.75, 3.05) is 31.8 Å². The molecule has 3 heterocycles. The molecule has 262 valence electrons. The van der Waals surface area contributed by atoms with Crippen molar-refractivity contribution in [2.45, 2.75) is 82.2 Å². The van der Waals surface area contributed by atoms with Gasteiger partial charge in [-0.25, -0.2) is 9.69 Å². The largest absolute Gasteiger partial charge is 0.493 e. The Morgan fingerprint density at radius 3 is 2.54 bits per heavy atom. The third-order valence-corrected chi connectivity index (χ3v) is 8.57. The summed E-state index contributed by atoms with van der Waals surface area (Å²) in [5.41, 5.74) is -0.305. The molecule has 2 fully saturated rings. The quantitative estimate of drug-likeness (QED) is 0.127. The van der Waals surface area contributed by atoms with Crippen LogP contribution in [-0.2, 0) is 16.1 Å². The fraction of sp³-hybridized carbons (Fsp3) is 0.548. The highest BCUT2D eigenvalue weighted by Crippen LogP contribution is 2.41. The summed E-state index contributed by atoms with van der Waals surface area (Å²) in [6, 6.07) is 5.77. The molecule has 7 atom stereocenters. The number of aliphatic hydroxyl groups excluding tert-OH is 5. The number of nitro groups is 1. The maximum atomic E-state index is 13.7. The number of carbonyl (C=O) groups is 2. The van der Waals surface area contributed by atoms with E-state index < -0.39 is 78.8 Å². The standard InChI is InChI=1S/C31H39N3O14/c1-3-4-10-45-23-13-19-17(12-22(23)44-2)28(39)32-9-5-6-18(32)29(40)33(19)31(41)46-15-16-7-8-21(20(11-16)34(42)43)47-30-27(38)26(37)25(36)24(14-35)48-30/h7-8,11-13,18,24-27,29-30,35-38,40H,3-6,9-10,14-15H2,1-2H3/t18-,24?,25?,26?,27?,29-,30?/m0/s1. The molecule has 3 aliphatic rings. The molecular formula is C31H39N3O14. The van der Waals surface area contributed by atoms with E-state index in [2.05, 4.69) is 0 Å². The van der Waals surface area contributed by atoms with E-state index >= 15 is 0 Å². The molecule has 5 N–H and O–H groups in total. The lowest BCUT2D eigenvalue weighted by molar-refractivity contribution is -0.387. The summed E-state index contributed by atoms with van der Waals surface area (Å²) in [4.78, 5) is 40.9. The smallest absolute Gasteiger partial charge is 0.416 e. The Kier molecular flexibility index (Phi) is 10.9. The van der Waals surface area contributed by atoms with Crippen LogP contribution in [0.5, 0.6) is 17.2 Å². The van der Waals surface area contributed by atoms with Gasteiger partial charge in [0.05, 0.1) is 42.5 Å². The van der Waals surface area contributed by atoms with Crippen LogP contribution in [0.1, 0.15) is 48.5 Å². The lowest BCUT2D eigenvalue weighted by Gasteiger charge is -2.39. The third kappa shape index (κ3) is 6.83. The first-order valence-corrected chi connectivity index (χ1v) is 15.5. The van der Waals surface area contributed by atoms with Gasteiger partial charge in [0.15, 0.2) is 23.5 Å². The Labute approximate surface area is 274 Å². The summed E-state index contributed by atoms with van der Waals surface area (Å²) >= 11 is 0. The van der Waals surface area contributed by atoms with Crippen molar-refractivity contribution in [3.63, 3.8) is 0 Å². The number of hydrogen-bond donors (Lipinski definition) is 5. The van der Waals surface area contributed by atoms with Crippen LogP contribution in [0.25, 0.3) is 0 Å². The van der Waals surface area contributed by atoms with Crippen molar-refractivity contribution in [3.05, 3.63) is 51.6 Å². The summed E-state index contributed by atoms with van der Waals surface area (Å²) in [5, 5.41) is 63.1. The van der Waals surface area contributed by atoms with Gasteiger partial charge in [-0.1, -0.05) is 19.4 Å². The highest BCUT2D eigenvalue weighted by Gasteiger charge is 2.46. The molecule has 0 saturated carbocycles. The van der Waals surface area contributed by atoms with Crippen molar-refractivity contribution in [1.82, 2.24) is 4.90 Å². The number of aliphatic hydroxyl groups is 5. The molecule has 48 heavy (non-hydrogen) atoms. The van der Waals surface area contributed by atoms with Crippen LogP contribution in [0.4, 0.5) is 16.2 Å². The van der Waals surface area contributed by atoms with Crippen molar-refractivity contribution in [3.8, 4) is 17.2 Å². The molecule has 0 aliphatic carbocycles. The molecule has 17 nitrogen and oxygen atoms in total. The zero-order valence-electron chi connectivity index (χ0n) is 26.3. The molecule has 5 unspecified atom stereocenters. The van der Waals surface area contributed by atoms with E-state index in [9.17, 15) is 45.2 Å². The van der Waals surface area contributed by atoms with Gasteiger partial charge in [0.1, 0.15) is 31.0 Å². The molecule has 0 radical (unpaired) electrons. The highest BCUT2D eigenvalue weighted by atomic mass is 16.7. The predicted molar refractivity (Wildman–Crippen MR) is 164 cm³/mol. The minimum Gasteiger partial charge on any atom is -0.493 e. The molecule has 2 aromatic rings. The number of rotatable bonds is 11. The molecule has 0 aromatic heterocycles. The van der Waals surface area contributed by atoms with E-state index in [1.807, 2.05) is 6.92 Å². The van der Waals surface area contributed by atoms with Gasteiger partial charge in [0.2, 0.25) is 6.29 Å². The number of benzene rings is 2. The van der Waals surface area contributed by atoms with Gasteiger partial charge < -0.3 is 54.1 Å². The maximum Gasteiger partial charge on any atom is 0.416 e. The van der Waals surface area contributed by atoms with Crippen LogP contribution < -0.4 is 19.1 Å². The predicted octanol–water partition coefficient (Wildman–Crippen LogP) is 1.04. The van der Waals surface area contributed by atoms with Gasteiger partial charge in [-0.15, -0.1) is 0 Å². The van der Waals surface area contributed by atoms with E-state index in [1.54, 1.807) is 0 Å². The van der Waals surface area contributed by atoms with Gasteiger partial charge in [-0.2, -0.15) is 0 Å². The summed E-state index contributed by atoms with van der Waals surface area (Å²) in [6.45, 7) is 1.50. The first-order chi connectivity index (χ1) is 23.0. The number of hydrogen-bond acceptors (Lipinski definition) is 14. The van der Waals surface area contributed by atoms with Gasteiger partial charge >= 0.3 is 11.8 Å². The normalized spacial score (nSPS) is 26.7. The van der Waals surface area contributed by atoms with E-state index in [4.69, 9.17) is 23.7 Å². The van der Waals surface area contributed by atoms with Gasteiger partial charge in [-0.05, 0) is 37.0 Å². The minimum absolute atomic E-state index is 0.0495. The zero-order valence-corrected chi connectivity index (χ0v) is 26.3. The SMILES string of the molecule is CCCCOc1cc2c(cc1OC)C(=O)N1CCC[C@H]1[C@H](O)N2C(=O)OCc1ccc(OC2OC(CO)C(O)C(O)C2O)c([N+](=O)[O-])c1. The number of anilines is 1. The van der Waals surface area contributed by atoms with E-state index in [0.29, 0.717) is 26.0 Å². The van der Waals surface area contributed by atoms with Crippen molar-refractivity contribution in [2.24, 2.45) is 0 Å². The third-order valence-electron chi connectivity index (χ3n) is 8.57. The molecule has 2 amide bonds. The average Bonchev–Trinajstić information content (AvgIpc) is 3.55. The lowest BCUT2D eigenvalue weighted by atomic mass is 9.99. The molecular weight excluding hydrogens is 638 g/mol. The monoisotopic (exact) mass is 677 g/mol. The second-order valence-electron chi connectivity index (χ2n) is 11.6. The number of methoxy groups -OCH3 is 1. The van der Waals surface area contributed by atoms with Crippen LogP contribution in [0, 0.1) is 10.1 Å². The molecule has 0 bridgehead atoms. The van der Waals surface area contributed by atoms with E-state index in [1.165, 1.54) is 36.3 Å². The Bertz CT molecular complexity index is 1510. The number of nitro benzene ring substituents is 1. The Balaban J connectivity index is 1.39. The van der Waals surface area contributed by atoms with Crippen LogP contribution in [-0.4, -0.2) is 117 Å². The van der Waals surface area contributed by atoms with E-state index in [-0.39, 0.29) is 34.1 Å². The van der Waals surface area contributed by atoms with Crippen LogP contribution >= 0.6 is 0 Å². The number of carbonyl (C=O) groups excluding carboxylic acids is 2. The number of ether oxygens (including phenoxy) is 5. The number of nitrogens with zero attached hydrogens (tertiary/aromatic N) is 3. The van der Waals surface area contributed by atoms with Crippen molar-refractivity contribution in [1.29, 1.82) is 0 Å². The van der Waals surface area contributed by atoms with E-state index in [0.717, 1.165) is 23.8 Å². The number of fused-ring (bicyclic) bond motifs is 2. The Hall–Kier alpha value is -4.26.